The van der Waals surface area contributed by atoms with Crippen molar-refractivity contribution < 1.29 is 0 Å². The van der Waals surface area contributed by atoms with Crippen LogP contribution in [0, 0.1) is 22.7 Å². The summed E-state index contributed by atoms with van der Waals surface area (Å²) < 4.78 is 3.65. The predicted octanol–water partition coefficient (Wildman–Crippen LogP) is 0.533. The fourth-order valence-electron chi connectivity index (χ4n) is 0.402. The number of rotatable bonds is 0. The molecular formula is C5H2N4S. The highest BCUT2D eigenvalue weighted by Crippen LogP contribution is 2.13. The van der Waals surface area contributed by atoms with Gasteiger partial charge < -0.3 is 0 Å². The lowest BCUT2D eigenvalue weighted by molar-refractivity contribution is 1.41. The van der Waals surface area contributed by atoms with E-state index in [-0.39, 0.29) is 11.1 Å². The van der Waals surface area contributed by atoms with E-state index in [9.17, 15) is 0 Å². The van der Waals surface area contributed by atoms with Gasteiger partial charge in [-0.3, -0.25) is 0 Å². The first kappa shape index (κ1) is 6.79. The lowest BCUT2D eigenvalue weighted by Gasteiger charge is -2.00. The van der Waals surface area contributed by atoms with Crippen LogP contribution in [0.2, 0.25) is 0 Å². The molecule has 48 valence electrons. The molecule has 1 aliphatic rings. The van der Waals surface area contributed by atoms with Crippen molar-refractivity contribution in [1.29, 1.82) is 10.5 Å². The van der Waals surface area contributed by atoms with Gasteiger partial charge in [0.1, 0.15) is 11.3 Å². The van der Waals surface area contributed by atoms with Crippen LogP contribution in [0.1, 0.15) is 0 Å². The van der Waals surface area contributed by atoms with Crippen LogP contribution in [0.3, 0.4) is 0 Å². The zero-order valence-electron chi connectivity index (χ0n) is 4.85. The van der Waals surface area contributed by atoms with Gasteiger partial charge >= 0.3 is 0 Å². The standard InChI is InChI=1S/C5H2N4S/c6-1-4-3-8-5(2-7)9-10-4/h3-4H. The van der Waals surface area contributed by atoms with Gasteiger partial charge in [0.2, 0.25) is 5.84 Å². The summed E-state index contributed by atoms with van der Waals surface area (Å²) in [5, 5.41) is 16.3. The maximum atomic E-state index is 8.34. The Bertz CT molecular complexity index is 266. The van der Waals surface area contributed by atoms with Crippen LogP contribution < -0.4 is 0 Å². The first-order valence-electron chi connectivity index (χ1n) is 2.44. The maximum absolute atomic E-state index is 8.34. The van der Waals surface area contributed by atoms with Crippen molar-refractivity contribution in [3.05, 3.63) is 0 Å². The molecule has 0 bridgehead atoms. The van der Waals surface area contributed by atoms with Crippen molar-refractivity contribution in [3.63, 3.8) is 0 Å². The number of hydrogen-bond donors (Lipinski definition) is 0. The topological polar surface area (TPSA) is 72.3 Å². The second kappa shape index (κ2) is 3.00. The van der Waals surface area contributed by atoms with Gasteiger partial charge in [-0.2, -0.15) is 14.9 Å². The molecule has 10 heavy (non-hydrogen) atoms. The average molecular weight is 150 g/mol. The molecule has 0 radical (unpaired) electrons. The average Bonchev–Trinajstić information content (AvgIpc) is 2.05. The minimum atomic E-state index is -0.336. The van der Waals surface area contributed by atoms with Crippen LogP contribution in [-0.2, 0) is 0 Å². The SMILES string of the molecule is N#CC1=NSC(C#N)C=N1. The minimum absolute atomic E-state index is 0.122. The molecule has 0 saturated heterocycles. The van der Waals surface area contributed by atoms with Crippen molar-refractivity contribution in [1.82, 2.24) is 0 Å². The maximum Gasteiger partial charge on any atom is 0.238 e. The van der Waals surface area contributed by atoms with Crippen LogP contribution in [0.5, 0.6) is 0 Å². The third kappa shape index (κ3) is 1.34. The van der Waals surface area contributed by atoms with Crippen molar-refractivity contribution in [3.8, 4) is 12.1 Å². The largest absolute Gasteiger partial charge is 0.238 e. The summed E-state index contributed by atoms with van der Waals surface area (Å²) in [6, 6.07) is 3.72. The quantitative estimate of drug-likeness (QED) is 0.473. The van der Waals surface area contributed by atoms with Crippen molar-refractivity contribution in [2.75, 3.05) is 0 Å². The highest BCUT2D eigenvalue weighted by Gasteiger charge is 2.09. The fourth-order valence-corrected chi connectivity index (χ4v) is 0.866. The van der Waals surface area contributed by atoms with E-state index < -0.39 is 0 Å². The molecule has 0 aromatic rings. The van der Waals surface area contributed by atoms with E-state index in [0.717, 1.165) is 11.9 Å². The normalized spacial score (nSPS) is 22.6. The second-order valence-corrected chi connectivity index (χ2v) is 2.36. The summed E-state index contributed by atoms with van der Waals surface area (Å²) in [7, 11) is 0. The molecule has 1 unspecified atom stereocenters. The van der Waals surface area contributed by atoms with Crippen LogP contribution in [-0.4, -0.2) is 17.3 Å². The monoisotopic (exact) mass is 150 g/mol. The molecule has 0 aromatic heterocycles. The Labute approximate surface area is 62.0 Å². The van der Waals surface area contributed by atoms with Crippen LogP contribution in [0.4, 0.5) is 0 Å². The number of nitriles is 2. The van der Waals surface area contributed by atoms with Crippen LogP contribution in [0.15, 0.2) is 9.39 Å². The van der Waals surface area contributed by atoms with E-state index in [2.05, 4.69) is 9.39 Å². The Kier molecular flexibility index (Phi) is 2.03. The molecule has 5 heteroatoms. The van der Waals surface area contributed by atoms with E-state index in [4.69, 9.17) is 10.5 Å². The number of amidine groups is 1. The number of aliphatic imine (C=N–C) groups is 1. The molecule has 4 nitrogen and oxygen atoms in total. The van der Waals surface area contributed by atoms with Crippen molar-refractivity contribution >= 4 is 24.0 Å². The first-order chi connectivity index (χ1) is 4.86. The second-order valence-electron chi connectivity index (χ2n) is 1.46. The van der Waals surface area contributed by atoms with Crippen molar-refractivity contribution in [2.45, 2.75) is 5.25 Å². The number of nitrogens with zero attached hydrogens (tertiary/aromatic N) is 4. The molecule has 1 heterocycles. The van der Waals surface area contributed by atoms with Crippen molar-refractivity contribution in [2.24, 2.45) is 9.39 Å². The Hall–Kier alpha value is -1.33. The Morgan fingerprint density at radius 1 is 1.60 bits per heavy atom. The van der Waals surface area contributed by atoms with Gasteiger partial charge in [0.05, 0.1) is 6.07 Å². The molecule has 0 spiro atoms. The molecule has 0 fully saturated rings. The van der Waals surface area contributed by atoms with E-state index in [1.54, 1.807) is 6.07 Å². The molecule has 1 rings (SSSR count). The zero-order chi connectivity index (χ0) is 7.40. The van der Waals surface area contributed by atoms with Gasteiger partial charge in [0, 0.05) is 18.2 Å². The van der Waals surface area contributed by atoms with E-state index in [1.807, 2.05) is 6.07 Å². The van der Waals surface area contributed by atoms with E-state index >= 15 is 0 Å². The van der Waals surface area contributed by atoms with E-state index in [0.29, 0.717) is 0 Å². The lowest BCUT2D eigenvalue weighted by atomic mass is 10.5. The molecule has 0 saturated carbocycles. The van der Waals surface area contributed by atoms with Gasteiger partial charge in [-0.25, -0.2) is 4.99 Å². The Balaban J connectivity index is 2.68. The molecule has 0 aromatic carbocycles. The van der Waals surface area contributed by atoms with Gasteiger partial charge in [0.25, 0.3) is 0 Å². The zero-order valence-corrected chi connectivity index (χ0v) is 5.67. The summed E-state index contributed by atoms with van der Waals surface area (Å²) in [4.78, 5) is 3.62. The van der Waals surface area contributed by atoms with Crippen LogP contribution in [0.25, 0.3) is 0 Å². The molecule has 1 aliphatic heterocycles. The van der Waals surface area contributed by atoms with E-state index in [1.165, 1.54) is 6.21 Å². The predicted molar refractivity (Wildman–Crippen MR) is 38.5 cm³/mol. The van der Waals surface area contributed by atoms with Gasteiger partial charge in [0.15, 0.2) is 0 Å². The molecule has 1 atom stereocenters. The number of hydrogen-bond acceptors (Lipinski definition) is 5. The van der Waals surface area contributed by atoms with Gasteiger partial charge in [-0.05, 0) is 0 Å². The summed E-state index contributed by atoms with van der Waals surface area (Å²) >= 11 is 1.05. The summed E-state index contributed by atoms with van der Waals surface area (Å²) in [6.07, 6.45) is 1.41. The molecule has 0 N–H and O–H groups in total. The highest BCUT2D eigenvalue weighted by molar-refractivity contribution is 7.99. The smallest absolute Gasteiger partial charge is 0.229 e. The fraction of sp³-hybridized carbons (Fsp3) is 0.200. The first-order valence-corrected chi connectivity index (χ1v) is 3.28. The van der Waals surface area contributed by atoms with Crippen LogP contribution >= 0.6 is 11.9 Å². The highest BCUT2D eigenvalue weighted by atomic mass is 32.2. The lowest BCUT2D eigenvalue weighted by Crippen LogP contribution is -2.06. The minimum Gasteiger partial charge on any atom is -0.229 e. The third-order valence-electron chi connectivity index (χ3n) is 0.812. The molecule has 0 amide bonds. The van der Waals surface area contributed by atoms with Gasteiger partial charge in [-0.15, -0.1) is 0 Å². The molecular weight excluding hydrogens is 148 g/mol. The third-order valence-corrected chi connectivity index (χ3v) is 1.54. The Morgan fingerprint density at radius 2 is 2.40 bits per heavy atom. The molecule has 0 aliphatic carbocycles. The summed E-state index contributed by atoms with van der Waals surface area (Å²) in [5.41, 5.74) is 0. The summed E-state index contributed by atoms with van der Waals surface area (Å²) in [6.45, 7) is 0. The summed E-state index contributed by atoms with van der Waals surface area (Å²) in [5.74, 6) is 0.122. The van der Waals surface area contributed by atoms with Gasteiger partial charge in [-0.1, -0.05) is 0 Å². The Morgan fingerprint density at radius 3 is 2.80 bits per heavy atom.